The third-order valence-corrected chi connectivity index (χ3v) is 5.15. The fraction of sp³-hybridized carbons (Fsp3) is 0.320. The molecule has 2 heterocycles. The lowest BCUT2D eigenvalue weighted by Gasteiger charge is -2.27. The van der Waals surface area contributed by atoms with E-state index in [4.69, 9.17) is 14.0 Å². The molecule has 31 heavy (non-hydrogen) atoms. The van der Waals surface area contributed by atoms with Crippen molar-refractivity contribution in [2.75, 3.05) is 19.7 Å². The molecule has 0 aliphatic carbocycles. The van der Waals surface area contributed by atoms with Crippen molar-refractivity contribution in [1.29, 1.82) is 0 Å². The Balaban J connectivity index is 1.32. The molecular formula is C25H28N2O4. The zero-order valence-corrected chi connectivity index (χ0v) is 17.5. The van der Waals surface area contributed by atoms with Crippen LogP contribution in [0.1, 0.15) is 23.3 Å². The van der Waals surface area contributed by atoms with Crippen molar-refractivity contribution >= 4 is 5.71 Å². The normalized spacial score (nSPS) is 16.8. The summed E-state index contributed by atoms with van der Waals surface area (Å²) < 4.78 is 10.9. The van der Waals surface area contributed by atoms with Gasteiger partial charge in [-0.1, -0.05) is 65.8 Å². The van der Waals surface area contributed by atoms with Crippen LogP contribution in [-0.4, -0.2) is 47.6 Å². The fourth-order valence-electron chi connectivity index (χ4n) is 3.70. The topological polar surface area (TPSA) is 67.4 Å². The van der Waals surface area contributed by atoms with E-state index in [2.05, 4.69) is 22.2 Å². The minimum atomic E-state index is -0.616. The van der Waals surface area contributed by atoms with Crippen molar-refractivity contribution < 1.29 is 19.1 Å². The Morgan fingerprint density at radius 1 is 1.03 bits per heavy atom. The van der Waals surface area contributed by atoms with E-state index in [-0.39, 0.29) is 12.7 Å². The third-order valence-electron chi connectivity index (χ3n) is 5.15. The van der Waals surface area contributed by atoms with Crippen LogP contribution in [0.25, 0.3) is 0 Å². The summed E-state index contributed by atoms with van der Waals surface area (Å²) in [6.45, 7) is 2.46. The number of ether oxygens (including phenoxy) is 1. The van der Waals surface area contributed by atoms with E-state index in [1.165, 1.54) is 5.56 Å². The molecule has 0 spiro atoms. The minimum Gasteiger partial charge on any atom is -0.467 e. The van der Waals surface area contributed by atoms with Crippen molar-refractivity contribution in [3.05, 3.63) is 95.9 Å². The summed E-state index contributed by atoms with van der Waals surface area (Å²) in [5.74, 6) is 0.748. The average Bonchev–Trinajstić information content (AvgIpc) is 3.47. The minimum absolute atomic E-state index is 0.0462. The van der Waals surface area contributed by atoms with Gasteiger partial charge in [0.15, 0.2) is 0 Å². The molecule has 0 unspecified atom stereocenters. The van der Waals surface area contributed by atoms with Gasteiger partial charge in [0.1, 0.15) is 18.5 Å². The predicted molar refractivity (Wildman–Crippen MR) is 119 cm³/mol. The van der Waals surface area contributed by atoms with Crippen LogP contribution in [0.3, 0.4) is 0 Å². The molecule has 0 amide bonds. The molecule has 6 nitrogen and oxygen atoms in total. The lowest BCUT2D eigenvalue weighted by atomic mass is 10.0. The molecular weight excluding hydrogens is 392 g/mol. The summed E-state index contributed by atoms with van der Waals surface area (Å²) >= 11 is 0. The lowest BCUT2D eigenvalue weighted by Crippen LogP contribution is -2.39. The largest absolute Gasteiger partial charge is 0.467 e. The van der Waals surface area contributed by atoms with Gasteiger partial charge in [-0.25, -0.2) is 0 Å². The van der Waals surface area contributed by atoms with Crippen molar-refractivity contribution in [1.82, 2.24) is 4.90 Å². The van der Waals surface area contributed by atoms with E-state index < -0.39 is 6.10 Å². The lowest BCUT2D eigenvalue weighted by molar-refractivity contribution is -0.00955. The van der Waals surface area contributed by atoms with Gasteiger partial charge in [-0.05, 0) is 23.3 Å². The maximum Gasteiger partial charge on any atom is 0.145 e. The number of aliphatic hydroxyl groups is 1. The highest BCUT2D eigenvalue weighted by molar-refractivity contribution is 6.01. The van der Waals surface area contributed by atoms with Crippen LogP contribution in [-0.2, 0) is 22.7 Å². The Hall–Kier alpha value is -2.93. The van der Waals surface area contributed by atoms with Crippen molar-refractivity contribution in [2.24, 2.45) is 5.16 Å². The van der Waals surface area contributed by atoms with Gasteiger partial charge in [0.05, 0.1) is 24.7 Å². The molecule has 1 aliphatic heterocycles. The van der Waals surface area contributed by atoms with Gasteiger partial charge >= 0.3 is 0 Å². The SMILES string of the molecule is O[C@@H](COCc1ccco1)CN(Cc1ccccc1)C[C@H]1CC(c2ccccc2)=NO1. The van der Waals surface area contributed by atoms with E-state index in [1.54, 1.807) is 6.26 Å². The number of oxime groups is 1. The molecule has 3 aromatic rings. The number of benzene rings is 2. The third kappa shape index (κ3) is 6.52. The van der Waals surface area contributed by atoms with Crippen LogP contribution >= 0.6 is 0 Å². The molecule has 0 radical (unpaired) electrons. The van der Waals surface area contributed by atoms with Crippen LogP contribution in [0.4, 0.5) is 0 Å². The van der Waals surface area contributed by atoms with Crippen LogP contribution in [0.15, 0.2) is 88.6 Å². The second kappa shape index (κ2) is 10.9. The molecule has 2 atom stereocenters. The van der Waals surface area contributed by atoms with Gasteiger partial charge < -0.3 is 19.1 Å². The summed E-state index contributed by atoms with van der Waals surface area (Å²) in [6.07, 6.45) is 1.70. The first-order valence-electron chi connectivity index (χ1n) is 10.6. The molecule has 1 N–H and O–H groups in total. The van der Waals surface area contributed by atoms with E-state index in [0.717, 1.165) is 30.0 Å². The van der Waals surface area contributed by atoms with Gasteiger partial charge in [-0.2, -0.15) is 0 Å². The van der Waals surface area contributed by atoms with Crippen LogP contribution in [0.2, 0.25) is 0 Å². The average molecular weight is 421 g/mol. The molecule has 1 aliphatic rings. The number of aliphatic hydroxyl groups excluding tert-OH is 1. The van der Waals surface area contributed by atoms with E-state index in [0.29, 0.717) is 19.7 Å². The quantitative estimate of drug-likeness (QED) is 0.510. The maximum atomic E-state index is 10.6. The van der Waals surface area contributed by atoms with Gasteiger partial charge in [0.2, 0.25) is 0 Å². The molecule has 0 saturated heterocycles. The molecule has 6 heteroatoms. The summed E-state index contributed by atoms with van der Waals surface area (Å²) in [5, 5.41) is 14.9. The molecule has 4 rings (SSSR count). The van der Waals surface area contributed by atoms with Crippen LogP contribution < -0.4 is 0 Å². The number of furan rings is 1. The smallest absolute Gasteiger partial charge is 0.145 e. The van der Waals surface area contributed by atoms with Gasteiger partial charge in [0.25, 0.3) is 0 Å². The van der Waals surface area contributed by atoms with Gasteiger partial charge in [-0.3, -0.25) is 4.90 Å². The number of rotatable bonds is 11. The second-order valence-electron chi connectivity index (χ2n) is 7.76. The van der Waals surface area contributed by atoms with Crippen molar-refractivity contribution in [3.8, 4) is 0 Å². The van der Waals surface area contributed by atoms with E-state index in [1.807, 2.05) is 60.7 Å². The maximum absolute atomic E-state index is 10.6. The molecule has 162 valence electrons. The standard InChI is InChI=1S/C25H28N2O4/c28-22(18-29-19-23-12-7-13-30-23)16-27(15-20-8-3-1-4-9-20)17-24-14-25(26-31-24)21-10-5-2-6-11-21/h1-13,22,24,28H,14-19H2/t22-,24-/m1/s1. The highest BCUT2D eigenvalue weighted by Gasteiger charge is 2.25. The Morgan fingerprint density at radius 3 is 2.55 bits per heavy atom. The summed E-state index contributed by atoms with van der Waals surface area (Å²) in [7, 11) is 0. The van der Waals surface area contributed by atoms with Crippen LogP contribution in [0.5, 0.6) is 0 Å². The number of hydrogen-bond acceptors (Lipinski definition) is 6. The number of hydrogen-bond donors (Lipinski definition) is 1. The molecule has 0 bridgehead atoms. The van der Waals surface area contributed by atoms with E-state index >= 15 is 0 Å². The van der Waals surface area contributed by atoms with Crippen molar-refractivity contribution in [3.63, 3.8) is 0 Å². The monoisotopic (exact) mass is 420 g/mol. The molecule has 1 aromatic heterocycles. The summed E-state index contributed by atoms with van der Waals surface area (Å²) in [4.78, 5) is 7.92. The summed E-state index contributed by atoms with van der Waals surface area (Å²) in [5.41, 5.74) is 3.24. The number of nitrogens with zero attached hydrogens (tertiary/aromatic N) is 2. The molecule has 0 fully saturated rings. The second-order valence-corrected chi connectivity index (χ2v) is 7.76. The van der Waals surface area contributed by atoms with Gasteiger partial charge in [-0.15, -0.1) is 0 Å². The Kier molecular flexibility index (Phi) is 7.50. The zero-order valence-electron chi connectivity index (χ0n) is 17.5. The zero-order chi connectivity index (χ0) is 21.3. The molecule has 2 aromatic carbocycles. The summed E-state index contributed by atoms with van der Waals surface area (Å²) in [6, 6.07) is 24.0. The Bertz CT molecular complexity index is 929. The van der Waals surface area contributed by atoms with Gasteiger partial charge in [0, 0.05) is 26.1 Å². The van der Waals surface area contributed by atoms with E-state index in [9.17, 15) is 5.11 Å². The van der Waals surface area contributed by atoms with Crippen LogP contribution in [0, 0.1) is 0 Å². The molecule has 0 saturated carbocycles. The first-order valence-corrected chi connectivity index (χ1v) is 10.6. The fourth-order valence-corrected chi connectivity index (χ4v) is 3.70. The highest BCUT2D eigenvalue weighted by atomic mass is 16.6. The first kappa shape index (κ1) is 21.3. The first-order chi connectivity index (χ1) is 15.3. The Labute approximate surface area is 182 Å². The van der Waals surface area contributed by atoms with Crippen molar-refractivity contribution in [2.45, 2.75) is 31.8 Å². The highest BCUT2D eigenvalue weighted by Crippen LogP contribution is 2.19. The predicted octanol–water partition coefficient (Wildman–Crippen LogP) is 3.85. The Morgan fingerprint density at radius 2 is 1.81 bits per heavy atom.